The van der Waals surface area contributed by atoms with Crippen LogP contribution in [0, 0.1) is 0 Å². The van der Waals surface area contributed by atoms with Gasteiger partial charge < -0.3 is 19.8 Å². The SMILES string of the molecule is CC/C=C\C/C=C\C/C=C\C/C=C\C/C=C\CCCCCCCCCCCCCCCCCCCCCCCC(=O)NC(COP(=O)(O)OCC[N+](C)(C)C)C(O)CCCCCCCCCCCCCCCCCCCCCCCCCCCCCC. The van der Waals surface area contributed by atoms with Gasteiger partial charge in [0, 0.05) is 6.42 Å². The molecule has 3 unspecified atom stereocenters. The Morgan fingerprint density at radius 2 is 0.690 bits per heavy atom. The number of rotatable bonds is 71. The van der Waals surface area contributed by atoms with Crippen molar-refractivity contribution in [1.82, 2.24) is 5.32 Å². The van der Waals surface area contributed by atoms with Gasteiger partial charge in [-0.05, 0) is 57.8 Å². The molecule has 0 radical (unpaired) electrons. The van der Waals surface area contributed by atoms with Crippen molar-refractivity contribution in [2.75, 3.05) is 40.9 Å². The van der Waals surface area contributed by atoms with Crippen molar-refractivity contribution in [3.8, 4) is 0 Å². The Hall–Kier alpha value is -1.80. The van der Waals surface area contributed by atoms with Crippen molar-refractivity contribution in [2.45, 2.75) is 392 Å². The van der Waals surface area contributed by atoms with Gasteiger partial charge in [0.2, 0.25) is 5.91 Å². The van der Waals surface area contributed by atoms with Gasteiger partial charge in [0.15, 0.2) is 0 Å². The second-order valence-corrected chi connectivity index (χ2v) is 28.8. The van der Waals surface area contributed by atoms with Crippen LogP contribution in [0.4, 0.5) is 0 Å². The van der Waals surface area contributed by atoms with Crippen LogP contribution in [-0.4, -0.2) is 73.4 Å². The highest BCUT2D eigenvalue weighted by Crippen LogP contribution is 2.43. The van der Waals surface area contributed by atoms with Gasteiger partial charge in [0.05, 0.1) is 39.9 Å². The maximum atomic E-state index is 13.1. The zero-order valence-electron chi connectivity index (χ0n) is 58.8. The Bertz CT molecular complexity index is 1600. The fraction of sp³-hybridized carbons (Fsp3) is 0.859. The van der Waals surface area contributed by atoms with Crippen molar-refractivity contribution >= 4 is 13.7 Å². The van der Waals surface area contributed by atoms with E-state index < -0.39 is 20.0 Å². The quantitative estimate of drug-likeness (QED) is 0.0243. The molecule has 0 fully saturated rings. The topological polar surface area (TPSA) is 105 Å². The molecule has 0 aromatic carbocycles. The van der Waals surface area contributed by atoms with Crippen LogP contribution in [0.2, 0.25) is 0 Å². The van der Waals surface area contributed by atoms with Crippen LogP contribution in [0.25, 0.3) is 0 Å². The van der Waals surface area contributed by atoms with Crippen molar-refractivity contribution in [3.05, 3.63) is 60.8 Å². The molecule has 9 heteroatoms. The molecule has 0 aliphatic carbocycles. The molecule has 512 valence electrons. The minimum Gasteiger partial charge on any atom is -0.391 e. The number of quaternary nitrogens is 1. The van der Waals surface area contributed by atoms with E-state index in [0.29, 0.717) is 23.9 Å². The van der Waals surface area contributed by atoms with Gasteiger partial charge in [-0.25, -0.2) is 4.57 Å². The predicted octanol–water partition coefficient (Wildman–Crippen LogP) is 24.7. The van der Waals surface area contributed by atoms with Gasteiger partial charge in [0.25, 0.3) is 0 Å². The highest BCUT2D eigenvalue weighted by Gasteiger charge is 2.28. The smallest absolute Gasteiger partial charge is 0.391 e. The Morgan fingerprint density at radius 1 is 0.402 bits per heavy atom. The Kier molecular flexibility index (Phi) is 67.1. The average Bonchev–Trinajstić information content (AvgIpc) is 3.70. The molecule has 0 spiro atoms. The standard InChI is InChI=1S/C78H149N2O6P/c1-6-8-10-12-14-16-18-20-22-24-26-28-30-32-34-36-37-38-39-40-41-42-43-44-46-48-50-52-54-56-58-60-62-64-66-68-70-72-78(82)79-76(75-86-87(83,84)85-74-73-80(3,4)5)77(81)71-69-67-65-63-61-59-57-55-53-51-49-47-45-35-33-31-29-27-25-23-21-19-17-15-13-11-9-7-2/h8,10,14,16,20,22,26,28,32,34,76-77,81H,6-7,9,11-13,15,17-19,21,23-25,27,29-31,33,35-75H2,1-5H3,(H-,79,82,83,84)/p+1/b10-8-,16-14-,22-20-,28-26-,34-32-. The van der Waals surface area contributed by atoms with Crippen molar-refractivity contribution < 1.29 is 32.9 Å². The van der Waals surface area contributed by atoms with E-state index in [1.807, 2.05) is 21.1 Å². The molecule has 0 heterocycles. The molecule has 3 atom stereocenters. The first-order valence-corrected chi connectivity index (χ1v) is 39.6. The third kappa shape index (κ3) is 71.5. The van der Waals surface area contributed by atoms with Gasteiger partial charge in [-0.1, -0.05) is 376 Å². The number of hydrogen-bond donors (Lipinski definition) is 3. The van der Waals surface area contributed by atoms with Gasteiger partial charge in [-0.15, -0.1) is 0 Å². The van der Waals surface area contributed by atoms with E-state index in [1.165, 1.54) is 283 Å². The second kappa shape index (κ2) is 68.6. The first-order valence-electron chi connectivity index (χ1n) is 38.2. The van der Waals surface area contributed by atoms with Gasteiger partial charge in [-0.3, -0.25) is 13.8 Å². The summed E-state index contributed by atoms with van der Waals surface area (Å²) < 4.78 is 23.9. The van der Waals surface area contributed by atoms with E-state index in [9.17, 15) is 19.4 Å². The number of allylic oxidation sites excluding steroid dienone is 10. The van der Waals surface area contributed by atoms with Gasteiger partial charge in [0.1, 0.15) is 13.2 Å². The number of unbranched alkanes of at least 4 members (excludes halogenated alkanes) is 48. The molecule has 3 N–H and O–H groups in total. The third-order valence-electron chi connectivity index (χ3n) is 17.5. The molecule has 87 heavy (non-hydrogen) atoms. The molecule has 0 aliphatic rings. The molecule has 1 amide bonds. The van der Waals surface area contributed by atoms with Crippen LogP contribution in [0.3, 0.4) is 0 Å². The minimum atomic E-state index is -4.33. The summed E-state index contributed by atoms with van der Waals surface area (Å²) in [6.45, 7) is 4.83. The number of aliphatic hydroxyl groups is 1. The number of hydrogen-bond acceptors (Lipinski definition) is 5. The van der Waals surface area contributed by atoms with Gasteiger partial charge in [-0.2, -0.15) is 0 Å². The van der Waals surface area contributed by atoms with Crippen molar-refractivity contribution in [3.63, 3.8) is 0 Å². The molecule has 0 saturated heterocycles. The molecule has 0 aromatic heterocycles. The number of nitrogens with zero attached hydrogens (tertiary/aromatic N) is 1. The summed E-state index contributed by atoms with van der Waals surface area (Å²) in [5, 5.41) is 14.2. The summed E-state index contributed by atoms with van der Waals surface area (Å²) >= 11 is 0. The van der Waals surface area contributed by atoms with Crippen LogP contribution in [0.5, 0.6) is 0 Å². The summed E-state index contributed by atoms with van der Waals surface area (Å²) in [7, 11) is 1.63. The van der Waals surface area contributed by atoms with Crippen LogP contribution in [0.15, 0.2) is 60.8 Å². The van der Waals surface area contributed by atoms with Crippen molar-refractivity contribution in [1.29, 1.82) is 0 Å². The van der Waals surface area contributed by atoms with E-state index in [1.54, 1.807) is 0 Å². The number of aliphatic hydroxyl groups excluding tert-OH is 1. The average molecular weight is 1240 g/mol. The van der Waals surface area contributed by atoms with Crippen LogP contribution >= 0.6 is 7.82 Å². The van der Waals surface area contributed by atoms with E-state index in [0.717, 1.165) is 70.6 Å². The number of phosphoric ester groups is 1. The number of carbonyl (C=O) groups is 1. The Labute approximate surface area is 542 Å². The fourth-order valence-corrected chi connectivity index (χ4v) is 12.4. The first-order chi connectivity index (χ1) is 42.5. The summed E-state index contributed by atoms with van der Waals surface area (Å²) in [5.41, 5.74) is 0. The molecule has 0 aromatic rings. The molecule has 8 nitrogen and oxygen atoms in total. The first kappa shape index (κ1) is 85.2. The molecule has 0 rings (SSSR count). The van der Waals surface area contributed by atoms with Gasteiger partial charge >= 0.3 is 7.82 Å². The Balaban J connectivity index is 3.94. The summed E-state index contributed by atoms with van der Waals surface area (Å²) in [5.74, 6) is -0.137. The monoisotopic (exact) mass is 1240 g/mol. The number of phosphoric acid groups is 1. The molecular weight excluding hydrogens is 1090 g/mol. The summed E-state index contributed by atoms with van der Waals surface area (Å²) in [6, 6.07) is -0.762. The maximum absolute atomic E-state index is 13.1. The van der Waals surface area contributed by atoms with Crippen LogP contribution < -0.4 is 5.32 Å². The highest BCUT2D eigenvalue weighted by molar-refractivity contribution is 7.47. The molecule has 0 aliphatic heterocycles. The fourth-order valence-electron chi connectivity index (χ4n) is 11.7. The Morgan fingerprint density at radius 3 is 1.01 bits per heavy atom. The van der Waals surface area contributed by atoms with E-state index >= 15 is 0 Å². The maximum Gasteiger partial charge on any atom is 0.472 e. The molecular formula is C78H150N2O6P+. The number of amides is 1. The van der Waals surface area contributed by atoms with Crippen LogP contribution in [-0.2, 0) is 18.4 Å². The van der Waals surface area contributed by atoms with Crippen LogP contribution in [0.1, 0.15) is 380 Å². The largest absolute Gasteiger partial charge is 0.472 e. The lowest BCUT2D eigenvalue weighted by atomic mass is 10.0. The highest BCUT2D eigenvalue weighted by atomic mass is 31.2. The lowest BCUT2D eigenvalue weighted by Crippen LogP contribution is -2.46. The summed E-state index contributed by atoms with van der Waals surface area (Å²) in [6.07, 6.45) is 94.9. The van der Waals surface area contributed by atoms with E-state index in [4.69, 9.17) is 9.05 Å². The zero-order valence-corrected chi connectivity index (χ0v) is 59.7. The summed E-state index contributed by atoms with van der Waals surface area (Å²) in [4.78, 5) is 23.5. The zero-order chi connectivity index (χ0) is 63.4. The lowest BCUT2D eigenvalue weighted by Gasteiger charge is -2.26. The predicted molar refractivity (Wildman–Crippen MR) is 383 cm³/mol. The minimum absolute atomic E-state index is 0.0761. The number of likely N-dealkylation sites (N-methyl/N-ethyl adjacent to an activating group) is 1. The normalized spacial score (nSPS) is 13.9. The third-order valence-corrected chi connectivity index (χ3v) is 18.5. The molecule has 0 saturated carbocycles. The lowest BCUT2D eigenvalue weighted by molar-refractivity contribution is -0.870. The number of nitrogens with one attached hydrogen (secondary N) is 1. The molecule has 0 bridgehead atoms. The number of carbonyl (C=O) groups excluding carboxylic acids is 1. The van der Waals surface area contributed by atoms with E-state index in [-0.39, 0.29) is 19.1 Å². The second-order valence-electron chi connectivity index (χ2n) is 27.4. The van der Waals surface area contributed by atoms with E-state index in [2.05, 4.69) is 79.9 Å². The van der Waals surface area contributed by atoms with Crippen molar-refractivity contribution in [2.24, 2.45) is 0 Å².